The van der Waals surface area contributed by atoms with Crippen molar-refractivity contribution in [2.45, 2.75) is 301 Å². The Kier molecular flexibility index (Phi) is 42.4. The maximum absolute atomic E-state index is 12.8. The summed E-state index contributed by atoms with van der Waals surface area (Å²) in [5.74, 6) is -0.305. The number of ether oxygens (including phenoxy) is 4. The Bertz CT molecular complexity index is 904. The van der Waals surface area contributed by atoms with Gasteiger partial charge in [0, 0.05) is 13.0 Å². The molecule has 4 N–H and O–H groups in total. The molecule has 0 aromatic rings. The van der Waals surface area contributed by atoms with E-state index in [2.05, 4.69) is 13.8 Å². The molecular weight excluding hydrogens is 769 g/mol. The van der Waals surface area contributed by atoms with E-state index in [0.29, 0.717) is 13.0 Å². The first-order valence-electron chi connectivity index (χ1n) is 26.6. The van der Waals surface area contributed by atoms with Crippen molar-refractivity contribution in [1.82, 2.24) is 0 Å². The summed E-state index contributed by atoms with van der Waals surface area (Å²) in [6.07, 6.45) is 42.8. The van der Waals surface area contributed by atoms with Gasteiger partial charge in [0.05, 0.1) is 19.8 Å². The van der Waals surface area contributed by atoms with Crippen LogP contribution in [0.1, 0.15) is 264 Å². The van der Waals surface area contributed by atoms with Crippen molar-refractivity contribution in [2.24, 2.45) is 0 Å². The summed E-state index contributed by atoms with van der Waals surface area (Å²) in [7, 11) is 0. The van der Waals surface area contributed by atoms with Crippen molar-refractivity contribution >= 4 is 5.97 Å². The van der Waals surface area contributed by atoms with E-state index in [9.17, 15) is 25.2 Å². The summed E-state index contributed by atoms with van der Waals surface area (Å²) >= 11 is 0. The standard InChI is InChI=1S/C52H102O9/c1-3-5-7-9-11-13-15-17-19-21-22-23-24-26-28-30-32-34-36-38-40-42-58-44-46(45-59-52-51(57)50(56)49(55)47(43-53)61-52)60-48(54)41-39-37-35-33-31-29-27-25-20-18-16-14-12-10-8-6-4-2/h46-47,49-53,55-57H,3-45H2,1-2H3. The van der Waals surface area contributed by atoms with E-state index in [1.54, 1.807) is 0 Å². The van der Waals surface area contributed by atoms with E-state index >= 15 is 0 Å². The summed E-state index contributed by atoms with van der Waals surface area (Å²) in [5.41, 5.74) is 0. The Labute approximate surface area is 376 Å². The number of hydrogen-bond donors (Lipinski definition) is 4. The van der Waals surface area contributed by atoms with E-state index in [4.69, 9.17) is 18.9 Å². The van der Waals surface area contributed by atoms with Gasteiger partial charge in [0.15, 0.2) is 6.29 Å². The van der Waals surface area contributed by atoms with Crippen LogP contribution in [0.25, 0.3) is 0 Å². The number of aliphatic hydroxyl groups excluding tert-OH is 4. The second kappa shape index (κ2) is 44.4. The molecule has 1 heterocycles. The number of esters is 1. The van der Waals surface area contributed by atoms with Gasteiger partial charge in [-0.2, -0.15) is 0 Å². The normalized spacial score (nSPS) is 19.7. The molecule has 1 rings (SSSR count). The minimum absolute atomic E-state index is 0.104. The molecule has 6 atom stereocenters. The molecule has 61 heavy (non-hydrogen) atoms. The van der Waals surface area contributed by atoms with Crippen LogP contribution in [-0.4, -0.2) is 89.6 Å². The van der Waals surface area contributed by atoms with Crippen LogP contribution in [0.5, 0.6) is 0 Å². The van der Waals surface area contributed by atoms with Crippen LogP contribution in [0.15, 0.2) is 0 Å². The second-order valence-electron chi connectivity index (χ2n) is 18.7. The maximum atomic E-state index is 12.8. The first-order chi connectivity index (χ1) is 29.9. The molecule has 364 valence electrons. The van der Waals surface area contributed by atoms with Gasteiger partial charge in [-0.25, -0.2) is 0 Å². The molecule has 1 aliphatic rings. The third-order valence-corrected chi connectivity index (χ3v) is 12.8. The van der Waals surface area contributed by atoms with E-state index in [1.165, 1.54) is 212 Å². The molecular formula is C52H102O9. The molecule has 1 aliphatic heterocycles. The summed E-state index contributed by atoms with van der Waals surface area (Å²) in [6, 6.07) is 0. The van der Waals surface area contributed by atoms with Gasteiger partial charge in [0.1, 0.15) is 30.5 Å². The number of hydrogen-bond acceptors (Lipinski definition) is 9. The van der Waals surface area contributed by atoms with Gasteiger partial charge < -0.3 is 39.4 Å². The predicted molar refractivity (Wildman–Crippen MR) is 252 cm³/mol. The van der Waals surface area contributed by atoms with Gasteiger partial charge in [-0.3, -0.25) is 4.79 Å². The number of rotatable bonds is 47. The monoisotopic (exact) mass is 871 g/mol. The molecule has 0 saturated carbocycles. The van der Waals surface area contributed by atoms with Gasteiger partial charge in [0.25, 0.3) is 0 Å². The lowest BCUT2D eigenvalue weighted by molar-refractivity contribution is -0.305. The Morgan fingerprint density at radius 2 is 0.803 bits per heavy atom. The van der Waals surface area contributed by atoms with Crippen LogP contribution in [0.4, 0.5) is 0 Å². The average Bonchev–Trinajstić information content (AvgIpc) is 3.26. The minimum Gasteiger partial charge on any atom is -0.457 e. The maximum Gasteiger partial charge on any atom is 0.306 e. The molecule has 0 aromatic carbocycles. The molecule has 0 radical (unpaired) electrons. The number of carbonyl (C=O) groups excluding carboxylic acids is 1. The molecule has 6 unspecified atom stereocenters. The predicted octanol–water partition coefficient (Wildman–Crippen LogP) is 13.0. The number of unbranched alkanes of at least 4 members (excludes halogenated alkanes) is 36. The first kappa shape index (κ1) is 58.2. The van der Waals surface area contributed by atoms with E-state index in [1.807, 2.05) is 0 Å². The highest BCUT2D eigenvalue weighted by Gasteiger charge is 2.44. The van der Waals surface area contributed by atoms with Crippen LogP contribution in [0.2, 0.25) is 0 Å². The molecule has 0 amide bonds. The van der Waals surface area contributed by atoms with E-state index in [-0.39, 0.29) is 19.2 Å². The smallest absolute Gasteiger partial charge is 0.306 e. The zero-order valence-electron chi connectivity index (χ0n) is 40.2. The van der Waals surface area contributed by atoms with Gasteiger partial charge in [0.2, 0.25) is 0 Å². The van der Waals surface area contributed by atoms with Gasteiger partial charge in [-0.05, 0) is 12.8 Å². The van der Waals surface area contributed by atoms with Crippen LogP contribution in [0, 0.1) is 0 Å². The van der Waals surface area contributed by atoms with Gasteiger partial charge in [-0.15, -0.1) is 0 Å². The molecule has 0 aliphatic carbocycles. The van der Waals surface area contributed by atoms with E-state index < -0.39 is 43.4 Å². The molecule has 0 bridgehead atoms. The van der Waals surface area contributed by atoms with Crippen molar-refractivity contribution in [3.8, 4) is 0 Å². The third-order valence-electron chi connectivity index (χ3n) is 12.8. The highest BCUT2D eigenvalue weighted by atomic mass is 16.7. The fourth-order valence-corrected chi connectivity index (χ4v) is 8.61. The molecule has 0 aromatic heterocycles. The van der Waals surface area contributed by atoms with Crippen molar-refractivity contribution in [1.29, 1.82) is 0 Å². The Morgan fingerprint density at radius 1 is 0.459 bits per heavy atom. The van der Waals surface area contributed by atoms with Crippen LogP contribution in [0.3, 0.4) is 0 Å². The van der Waals surface area contributed by atoms with Crippen LogP contribution >= 0.6 is 0 Å². The summed E-state index contributed by atoms with van der Waals surface area (Å²) < 4.78 is 22.9. The number of carbonyl (C=O) groups is 1. The SMILES string of the molecule is CCCCCCCCCCCCCCCCCCCCCCCOCC(COC1OC(CO)C(O)C(O)C1O)OC(=O)CCCCCCCCCCCCCCCCCCC. The quantitative estimate of drug-likeness (QED) is 0.0348. The second-order valence-corrected chi connectivity index (χ2v) is 18.7. The Hall–Kier alpha value is -0.810. The largest absolute Gasteiger partial charge is 0.457 e. The van der Waals surface area contributed by atoms with Crippen molar-refractivity contribution in [3.05, 3.63) is 0 Å². The summed E-state index contributed by atoms with van der Waals surface area (Å²) in [4.78, 5) is 12.8. The fourth-order valence-electron chi connectivity index (χ4n) is 8.61. The summed E-state index contributed by atoms with van der Waals surface area (Å²) in [5, 5.41) is 40.2. The molecule has 1 fully saturated rings. The average molecular weight is 871 g/mol. The molecule has 1 saturated heterocycles. The van der Waals surface area contributed by atoms with Crippen molar-refractivity contribution < 1.29 is 44.2 Å². The van der Waals surface area contributed by atoms with Gasteiger partial charge >= 0.3 is 5.97 Å². The molecule has 0 spiro atoms. The Morgan fingerprint density at radius 3 is 1.16 bits per heavy atom. The van der Waals surface area contributed by atoms with Crippen LogP contribution in [-0.2, 0) is 23.7 Å². The third kappa shape index (κ3) is 35.2. The highest BCUT2D eigenvalue weighted by Crippen LogP contribution is 2.23. The minimum atomic E-state index is -1.53. The zero-order valence-corrected chi connectivity index (χ0v) is 40.2. The first-order valence-corrected chi connectivity index (χ1v) is 26.6. The fraction of sp³-hybridized carbons (Fsp3) is 0.981. The van der Waals surface area contributed by atoms with E-state index in [0.717, 1.165) is 32.1 Å². The van der Waals surface area contributed by atoms with Crippen molar-refractivity contribution in [2.75, 3.05) is 26.4 Å². The van der Waals surface area contributed by atoms with Gasteiger partial charge in [-0.1, -0.05) is 245 Å². The lowest BCUT2D eigenvalue weighted by Crippen LogP contribution is -2.59. The summed E-state index contributed by atoms with van der Waals surface area (Å²) in [6.45, 7) is 4.63. The lowest BCUT2D eigenvalue weighted by Gasteiger charge is -2.39. The topological polar surface area (TPSA) is 135 Å². The lowest BCUT2D eigenvalue weighted by atomic mass is 9.99. The zero-order chi connectivity index (χ0) is 44.3. The molecule has 9 heteroatoms. The molecule has 9 nitrogen and oxygen atoms in total. The van der Waals surface area contributed by atoms with Crippen LogP contribution < -0.4 is 0 Å². The van der Waals surface area contributed by atoms with Crippen molar-refractivity contribution in [3.63, 3.8) is 0 Å². The number of aliphatic hydroxyl groups is 4. The Balaban J connectivity index is 2.16. The highest BCUT2D eigenvalue weighted by molar-refractivity contribution is 5.69.